The van der Waals surface area contributed by atoms with Crippen molar-refractivity contribution < 1.29 is 14.7 Å². The van der Waals surface area contributed by atoms with Gasteiger partial charge >= 0.3 is 0 Å². The molecule has 0 aliphatic carbocycles. The zero-order valence-electron chi connectivity index (χ0n) is 11.6. The second kappa shape index (κ2) is 7.06. The van der Waals surface area contributed by atoms with Gasteiger partial charge in [-0.1, -0.05) is 41.9 Å². The molecule has 0 fully saturated rings. The summed E-state index contributed by atoms with van der Waals surface area (Å²) < 4.78 is 0. The van der Waals surface area contributed by atoms with E-state index in [0.29, 0.717) is 0 Å². The molecule has 2 rings (SSSR count). The van der Waals surface area contributed by atoms with E-state index in [4.69, 9.17) is 17.3 Å². The topological polar surface area (TPSA) is 92.4 Å². The summed E-state index contributed by atoms with van der Waals surface area (Å²) >= 11 is 5.85. The molecule has 0 bridgehead atoms. The first kappa shape index (κ1) is 16.0. The molecule has 2 aromatic carbocycles. The Balaban J connectivity index is 2.21. The highest BCUT2D eigenvalue weighted by atomic mass is 35.5. The minimum Gasteiger partial charge on any atom is -0.394 e. The molecule has 2 aromatic rings. The van der Waals surface area contributed by atoms with Crippen molar-refractivity contribution in [2.45, 2.75) is 6.04 Å². The van der Waals surface area contributed by atoms with Gasteiger partial charge in [-0.15, -0.1) is 0 Å². The van der Waals surface area contributed by atoms with Crippen LogP contribution in [-0.4, -0.2) is 23.5 Å². The van der Waals surface area contributed by atoms with Crippen molar-refractivity contribution >= 4 is 23.4 Å². The number of nitrogens with two attached hydrogens (primary N) is 1. The van der Waals surface area contributed by atoms with Crippen molar-refractivity contribution in [1.82, 2.24) is 5.32 Å². The van der Waals surface area contributed by atoms with E-state index in [1.165, 1.54) is 18.2 Å². The fraction of sp³-hybridized carbons (Fsp3) is 0.125. The van der Waals surface area contributed by atoms with Crippen LogP contribution in [-0.2, 0) is 0 Å². The van der Waals surface area contributed by atoms with Crippen LogP contribution in [0.3, 0.4) is 0 Å². The largest absolute Gasteiger partial charge is 0.394 e. The van der Waals surface area contributed by atoms with Crippen LogP contribution in [0.15, 0.2) is 48.5 Å². The maximum Gasteiger partial charge on any atom is 0.251 e. The van der Waals surface area contributed by atoms with Crippen molar-refractivity contribution in [3.8, 4) is 0 Å². The van der Waals surface area contributed by atoms with Crippen LogP contribution in [0.1, 0.15) is 32.3 Å². The minimum absolute atomic E-state index is 0.0783. The molecule has 0 heterocycles. The summed E-state index contributed by atoms with van der Waals surface area (Å²) in [6, 6.07) is 12.8. The summed E-state index contributed by atoms with van der Waals surface area (Å²) in [6.07, 6.45) is 0. The van der Waals surface area contributed by atoms with Gasteiger partial charge < -0.3 is 16.2 Å². The lowest BCUT2D eigenvalue weighted by atomic mass is 10.1. The van der Waals surface area contributed by atoms with E-state index in [1.807, 2.05) is 18.2 Å². The van der Waals surface area contributed by atoms with Crippen molar-refractivity contribution in [2.75, 3.05) is 6.61 Å². The summed E-state index contributed by atoms with van der Waals surface area (Å²) in [5.74, 6) is -1.14. The zero-order chi connectivity index (χ0) is 16.1. The molecule has 1 unspecified atom stereocenters. The first-order chi connectivity index (χ1) is 10.5. The van der Waals surface area contributed by atoms with Crippen molar-refractivity contribution in [3.05, 3.63) is 70.2 Å². The SMILES string of the molecule is NC(=O)c1cc(C(=O)NC(CO)c2ccccc2)ccc1Cl. The molecular formula is C16H15ClN2O3. The fourth-order valence-corrected chi connectivity index (χ4v) is 2.23. The first-order valence-corrected chi connectivity index (χ1v) is 6.96. The summed E-state index contributed by atoms with van der Waals surface area (Å²) in [7, 11) is 0. The molecule has 0 saturated heterocycles. The Morgan fingerprint density at radius 2 is 1.86 bits per heavy atom. The molecule has 114 valence electrons. The highest BCUT2D eigenvalue weighted by molar-refractivity contribution is 6.34. The lowest BCUT2D eigenvalue weighted by Crippen LogP contribution is -2.31. The number of carbonyl (C=O) groups excluding carboxylic acids is 2. The predicted molar refractivity (Wildman–Crippen MR) is 83.7 cm³/mol. The van der Waals surface area contributed by atoms with Gasteiger partial charge in [0.1, 0.15) is 0 Å². The van der Waals surface area contributed by atoms with Gasteiger partial charge in [-0.25, -0.2) is 0 Å². The van der Waals surface area contributed by atoms with Gasteiger partial charge in [-0.2, -0.15) is 0 Å². The average molecular weight is 319 g/mol. The predicted octanol–water partition coefficient (Wildman–Crippen LogP) is 1.90. The number of hydrogen-bond donors (Lipinski definition) is 3. The standard InChI is InChI=1S/C16H15ClN2O3/c17-13-7-6-11(8-12(13)15(18)21)16(22)19-14(9-20)10-4-2-1-3-5-10/h1-8,14,20H,9H2,(H2,18,21)(H,19,22). The van der Waals surface area contributed by atoms with E-state index < -0.39 is 17.9 Å². The van der Waals surface area contributed by atoms with E-state index in [-0.39, 0.29) is 22.8 Å². The molecule has 0 aliphatic rings. The Kier molecular flexibility index (Phi) is 5.14. The van der Waals surface area contributed by atoms with E-state index in [9.17, 15) is 14.7 Å². The number of primary amides is 1. The number of aliphatic hydroxyl groups excluding tert-OH is 1. The molecular weight excluding hydrogens is 304 g/mol. The van der Waals surface area contributed by atoms with Crippen LogP contribution >= 0.6 is 11.6 Å². The second-order valence-corrected chi connectivity index (χ2v) is 5.09. The Labute approximate surface area is 132 Å². The summed E-state index contributed by atoms with van der Waals surface area (Å²) in [6.45, 7) is -0.244. The zero-order valence-corrected chi connectivity index (χ0v) is 12.4. The summed E-state index contributed by atoms with van der Waals surface area (Å²) in [5.41, 5.74) is 6.31. The Morgan fingerprint density at radius 3 is 2.45 bits per heavy atom. The van der Waals surface area contributed by atoms with Crippen molar-refractivity contribution in [3.63, 3.8) is 0 Å². The molecule has 0 aliphatic heterocycles. The molecule has 4 N–H and O–H groups in total. The van der Waals surface area contributed by atoms with Crippen molar-refractivity contribution in [2.24, 2.45) is 5.73 Å². The van der Waals surface area contributed by atoms with Gasteiger partial charge in [0.15, 0.2) is 0 Å². The smallest absolute Gasteiger partial charge is 0.251 e. The molecule has 0 radical (unpaired) electrons. The molecule has 5 nitrogen and oxygen atoms in total. The van der Waals surface area contributed by atoms with Crippen molar-refractivity contribution in [1.29, 1.82) is 0 Å². The number of benzene rings is 2. The summed E-state index contributed by atoms with van der Waals surface area (Å²) in [4.78, 5) is 23.5. The molecule has 22 heavy (non-hydrogen) atoms. The fourth-order valence-electron chi connectivity index (χ4n) is 2.02. The number of halogens is 1. The third kappa shape index (κ3) is 3.63. The van der Waals surface area contributed by atoms with Gasteiger partial charge in [-0.3, -0.25) is 9.59 Å². The number of aliphatic hydroxyl groups is 1. The lowest BCUT2D eigenvalue weighted by Gasteiger charge is -2.17. The molecule has 6 heteroatoms. The van der Waals surface area contributed by atoms with E-state index in [2.05, 4.69) is 5.32 Å². The van der Waals surface area contributed by atoms with Crippen LogP contribution in [0, 0.1) is 0 Å². The number of rotatable bonds is 5. The van der Waals surface area contributed by atoms with Gasteiger partial charge in [0.2, 0.25) is 5.91 Å². The Bertz CT molecular complexity index is 689. The average Bonchev–Trinajstić information content (AvgIpc) is 2.53. The molecule has 0 saturated carbocycles. The first-order valence-electron chi connectivity index (χ1n) is 6.59. The number of carbonyl (C=O) groups is 2. The van der Waals surface area contributed by atoms with Gasteiger partial charge in [0.25, 0.3) is 5.91 Å². The molecule has 1 atom stereocenters. The Hall–Kier alpha value is -2.37. The van der Waals surface area contributed by atoms with E-state index in [0.717, 1.165) is 5.56 Å². The highest BCUT2D eigenvalue weighted by Crippen LogP contribution is 2.18. The van der Waals surface area contributed by atoms with E-state index >= 15 is 0 Å². The monoisotopic (exact) mass is 318 g/mol. The third-order valence-corrected chi connectivity index (χ3v) is 3.51. The van der Waals surface area contributed by atoms with E-state index in [1.54, 1.807) is 12.1 Å². The number of nitrogens with one attached hydrogen (secondary N) is 1. The molecule has 0 aromatic heterocycles. The number of hydrogen-bond acceptors (Lipinski definition) is 3. The lowest BCUT2D eigenvalue weighted by molar-refractivity contribution is 0.0916. The maximum absolute atomic E-state index is 12.3. The quantitative estimate of drug-likeness (QED) is 0.786. The van der Waals surface area contributed by atoms with Gasteiger partial charge in [0, 0.05) is 5.56 Å². The molecule has 2 amide bonds. The normalized spacial score (nSPS) is 11.7. The van der Waals surface area contributed by atoms with Gasteiger partial charge in [0.05, 0.1) is 23.2 Å². The number of amides is 2. The third-order valence-electron chi connectivity index (χ3n) is 3.18. The highest BCUT2D eigenvalue weighted by Gasteiger charge is 2.16. The van der Waals surface area contributed by atoms with Crippen LogP contribution in [0.5, 0.6) is 0 Å². The minimum atomic E-state index is -0.707. The van der Waals surface area contributed by atoms with Crippen LogP contribution < -0.4 is 11.1 Å². The maximum atomic E-state index is 12.3. The molecule has 0 spiro atoms. The van der Waals surface area contributed by atoms with Crippen LogP contribution in [0.4, 0.5) is 0 Å². The van der Waals surface area contributed by atoms with Gasteiger partial charge in [-0.05, 0) is 23.8 Å². The Morgan fingerprint density at radius 1 is 1.18 bits per heavy atom. The second-order valence-electron chi connectivity index (χ2n) is 4.68. The van der Waals surface area contributed by atoms with Crippen LogP contribution in [0.25, 0.3) is 0 Å². The van der Waals surface area contributed by atoms with Crippen LogP contribution in [0.2, 0.25) is 5.02 Å². The summed E-state index contributed by atoms with van der Waals surface area (Å²) in [5, 5.41) is 12.3.